The Labute approximate surface area is 109 Å². The molecule has 0 aliphatic heterocycles. The Morgan fingerprint density at radius 3 is 2.44 bits per heavy atom. The molecule has 18 heavy (non-hydrogen) atoms. The molecule has 0 fully saturated rings. The quantitative estimate of drug-likeness (QED) is 0.603. The van der Waals surface area contributed by atoms with Crippen LogP contribution in [-0.2, 0) is 10.0 Å². The van der Waals surface area contributed by atoms with E-state index in [1.54, 1.807) is 36.4 Å². The van der Waals surface area contributed by atoms with E-state index >= 15 is 0 Å². The Balaban J connectivity index is 3.08. The summed E-state index contributed by atoms with van der Waals surface area (Å²) in [5.74, 6) is 2.38. The third kappa shape index (κ3) is 3.46. The van der Waals surface area contributed by atoms with E-state index in [2.05, 4.69) is 5.92 Å². The summed E-state index contributed by atoms with van der Waals surface area (Å²) >= 11 is 0. The SMILES string of the molecule is C#CCN(C/C=C/C)S(=O)(=O)c1ccc(C)cc1. The Morgan fingerprint density at radius 2 is 1.94 bits per heavy atom. The predicted octanol–water partition coefficient (Wildman–Crippen LogP) is 2.20. The van der Waals surface area contributed by atoms with Gasteiger partial charge in [-0.15, -0.1) is 6.42 Å². The summed E-state index contributed by atoms with van der Waals surface area (Å²) in [5, 5.41) is 0. The van der Waals surface area contributed by atoms with Crippen LogP contribution in [0.1, 0.15) is 12.5 Å². The van der Waals surface area contributed by atoms with Crippen LogP contribution in [0.25, 0.3) is 0 Å². The highest BCUT2D eigenvalue weighted by Crippen LogP contribution is 2.16. The molecule has 1 aromatic carbocycles. The van der Waals surface area contributed by atoms with Crippen LogP contribution in [0.15, 0.2) is 41.3 Å². The van der Waals surface area contributed by atoms with Gasteiger partial charge in [-0.25, -0.2) is 8.42 Å². The van der Waals surface area contributed by atoms with Crippen molar-refractivity contribution in [3.05, 3.63) is 42.0 Å². The van der Waals surface area contributed by atoms with Crippen LogP contribution in [0.3, 0.4) is 0 Å². The number of hydrogen-bond acceptors (Lipinski definition) is 2. The van der Waals surface area contributed by atoms with E-state index in [-0.39, 0.29) is 18.0 Å². The first-order valence-corrected chi connectivity index (χ1v) is 7.08. The average molecular weight is 263 g/mol. The molecule has 0 heterocycles. The van der Waals surface area contributed by atoms with Crippen LogP contribution in [0.4, 0.5) is 0 Å². The van der Waals surface area contributed by atoms with Gasteiger partial charge in [0.05, 0.1) is 11.4 Å². The molecule has 1 rings (SSSR count). The molecule has 0 bridgehead atoms. The Morgan fingerprint density at radius 1 is 1.33 bits per heavy atom. The van der Waals surface area contributed by atoms with Crippen LogP contribution in [0.5, 0.6) is 0 Å². The highest BCUT2D eigenvalue weighted by atomic mass is 32.2. The Bertz CT molecular complexity index is 550. The lowest BCUT2D eigenvalue weighted by atomic mass is 10.2. The molecule has 96 valence electrons. The number of sulfonamides is 1. The average Bonchev–Trinajstić information content (AvgIpc) is 2.35. The van der Waals surface area contributed by atoms with Crippen LogP contribution in [0, 0.1) is 19.3 Å². The van der Waals surface area contributed by atoms with Crippen LogP contribution < -0.4 is 0 Å². The van der Waals surface area contributed by atoms with Gasteiger partial charge in [0.15, 0.2) is 0 Å². The van der Waals surface area contributed by atoms with E-state index < -0.39 is 10.0 Å². The van der Waals surface area contributed by atoms with Gasteiger partial charge in [-0.2, -0.15) is 4.31 Å². The van der Waals surface area contributed by atoms with Crippen molar-refractivity contribution >= 4 is 10.0 Å². The maximum atomic E-state index is 12.3. The smallest absolute Gasteiger partial charge is 0.207 e. The number of rotatable bonds is 5. The van der Waals surface area contributed by atoms with Gasteiger partial charge in [0.2, 0.25) is 10.0 Å². The second kappa shape index (κ2) is 6.39. The van der Waals surface area contributed by atoms with E-state index in [0.717, 1.165) is 5.56 Å². The summed E-state index contributed by atoms with van der Waals surface area (Å²) in [6.45, 7) is 4.11. The summed E-state index contributed by atoms with van der Waals surface area (Å²) in [4.78, 5) is 0.271. The molecule has 0 atom stereocenters. The van der Waals surface area contributed by atoms with Gasteiger partial charge in [0.25, 0.3) is 0 Å². The molecular formula is C14H17NO2S. The molecule has 0 aromatic heterocycles. The minimum Gasteiger partial charge on any atom is -0.207 e. The second-order valence-electron chi connectivity index (χ2n) is 3.88. The summed E-state index contributed by atoms with van der Waals surface area (Å²) in [6, 6.07) is 6.75. The zero-order chi connectivity index (χ0) is 13.6. The van der Waals surface area contributed by atoms with Crippen LogP contribution >= 0.6 is 0 Å². The molecule has 1 aromatic rings. The van der Waals surface area contributed by atoms with E-state index in [0.29, 0.717) is 0 Å². The van der Waals surface area contributed by atoms with E-state index in [9.17, 15) is 8.42 Å². The Kier molecular flexibility index (Phi) is 5.14. The van der Waals surface area contributed by atoms with E-state index in [4.69, 9.17) is 6.42 Å². The minimum absolute atomic E-state index is 0.0700. The van der Waals surface area contributed by atoms with Crippen molar-refractivity contribution in [3.8, 4) is 12.3 Å². The summed E-state index contributed by atoms with van der Waals surface area (Å²) in [7, 11) is -3.51. The molecule has 0 radical (unpaired) electrons. The minimum atomic E-state index is -3.51. The lowest BCUT2D eigenvalue weighted by Gasteiger charge is -2.18. The number of benzene rings is 1. The fourth-order valence-corrected chi connectivity index (χ4v) is 2.74. The number of allylic oxidation sites excluding steroid dienone is 1. The van der Waals surface area contributed by atoms with Gasteiger partial charge in [-0.1, -0.05) is 35.8 Å². The fourth-order valence-electron chi connectivity index (χ4n) is 1.43. The fraction of sp³-hybridized carbons (Fsp3) is 0.286. The zero-order valence-corrected chi connectivity index (χ0v) is 11.4. The third-order valence-electron chi connectivity index (χ3n) is 2.47. The van der Waals surface area contributed by atoms with Crippen molar-refractivity contribution in [2.24, 2.45) is 0 Å². The van der Waals surface area contributed by atoms with E-state index in [1.165, 1.54) is 4.31 Å². The second-order valence-corrected chi connectivity index (χ2v) is 5.82. The van der Waals surface area contributed by atoms with Crippen molar-refractivity contribution in [3.63, 3.8) is 0 Å². The molecular weight excluding hydrogens is 246 g/mol. The van der Waals surface area contributed by atoms with Crippen molar-refractivity contribution in [2.45, 2.75) is 18.7 Å². The first kappa shape index (κ1) is 14.5. The van der Waals surface area contributed by atoms with Gasteiger partial charge in [0.1, 0.15) is 0 Å². The monoisotopic (exact) mass is 263 g/mol. The van der Waals surface area contributed by atoms with Crippen LogP contribution in [0.2, 0.25) is 0 Å². The van der Waals surface area contributed by atoms with Crippen molar-refractivity contribution in [1.29, 1.82) is 0 Å². The molecule has 0 amide bonds. The molecule has 4 heteroatoms. The molecule has 0 N–H and O–H groups in total. The molecule has 0 aliphatic carbocycles. The predicted molar refractivity (Wildman–Crippen MR) is 73.6 cm³/mol. The molecule has 0 unspecified atom stereocenters. The van der Waals surface area contributed by atoms with Crippen molar-refractivity contribution in [1.82, 2.24) is 4.31 Å². The number of hydrogen-bond donors (Lipinski definition) is 0. The largest absolute Gasteiger partial charge is 0.244 e. The number of aryl methyl sites for hydroxylation is 1. The standard InChI is InChI=1S/C14H17NO2S/c1-4-6-12-15(11-5-2)18(16,17)14-9-7-13(3)8-10-14/h2,4,6-10H,11-12H2,1,3H3/b6-4+. The maximum absolute atomic E-state index is 12.3. The van der Waals surface area contributed by atoms with E-state index in [1.807, 2.05) is 13.8 Å². The molecule has 0 spiro atoms. The number of terminal acetylenes is 1. The maximum Gasteiger partial charge on any atom is 0.244 e. The zero-order valence-electron chi connectivity index (χ0n) is 10.6. The van der Waals surface area contributed by atoms with Crippen LogP contribution in [-0.4, -0.2) is 25.8 Å². The first-order valence-electron chi connectivity index (χ1n) is 5.64. The normalized spacial score (nSPS) is 11.9. The summed E-state index contributed by atoms with van der Waals surface area (Å²) in [5.41, 5.74) is 1.02. The lowest BCUT2D eigenvalue weighted by molar-refractivity contribution is 0.478. The van der Waals surface area contributed by atoms with Gasteiger partial charge in [-0.3, -0.25) is 0 Å². The lowest BCUT2D eigenvalue weighted by Crippen LogP contribution is -2.31. The van der Waals surface area contributed by atoms with Crippen molar-refractivity contribution in [2.75, 3.05) is 13.1 Å². The van der Waals surface area contributed by atoms with Crippen molar-refractivity contribution < 1.29 is 8.42 Å². The summed E-state index contributed by atoms with van der Waals surface area (Å²) < 4.78 is 25.9. The number of nitrogens with zero attached hydrogens (tertiary/aromatic N) is 1. The van der Waals surface area contributed by atoms with Gasteiger partial charge in [0, 0.05) is 6.54 Å². The molecule has 0 saturated heterocycles. The van der Waals surface area contributed by atoms with Gasteiger partial charge in [-0.05, 0) is 26.0 Å². The van der Waals surface area contributed by atoms with Gasteiger partial charge >= 0.3 is 0 Å². The Hall–Kier alpha value is -1.57. The highest BCUT2D eigenvalue weighted by Gasteiger charge is 2.22. The molecule has 0 aliphatic rings. The molecule has 0 saturated carbocycles. The highest BCUT2D eigenvalue weighted by molar-refractivity contribution is 7.89. The molecule has 3 nitrogen and oxygen atoms in total. The third-order valence-corrected chi connectivity index (χ3v) is 4.30. The first-order chi connectivity index (χ1) is 8.52. The topological polar surface area (TPSA) is 37.4 Å². The van der Waals surface area contributed by atoms with Gasteiger partial charge < -0.3 is 0 Å². The summed E-state index contributed by atoms with van der Waals surface area (Å²) in [6.07, 6.45) is 8.79.